The molecule has 2 aromatic rings. The molecule has 2 aliphatic rings. The van der Waals surface area contributed by atoms with Gasteiger partial charge in [0, 0.05) is 48.1 Å². The number of carboxylic acids is 1. The molecule has 1 aliphatic carbocycles. The number of benzene rings is 3. The number of aromatic nitrogens is 1. The number of carboxylic acid groups (broad SMARTS) is 1. The van der Waals surface area contributed by atoms with Crippen LogP contribution in [0.5, 0.6) is 5.75 Å². The molecule has 2 aromatic carbocycles. The van der Waals surface area contributed by atoms with Gasteiger partial charge in [-0.2, -0.15) is 8.42 Å². The summed E-state index contributed by atoms with van der Waals surface area (Å²) in [6.45, 7) is 3.43. The van der Waals surface area contributed by atoms with E-state index in [0.29, 0.717) is 65.2 Å². The summed E-state index contributed by atoms with van der Waals surface area (Å²) in [6.07, 6.45) is 2.48. The van der Waals surface area contributed by atoms with E-state index in [-0.39, 0.29) is 24.0 Å². The van der Waals surface area contributed by atoms with E-state index in [4.69, 9.17) is 23.8 Å². The lowest BCUT2D eigenvalue weighted by molar-refractivity contribution is -0.137. The molecule has 0 saturated heterocycles. The minimum Gasteiger partial charge on any atom is -0.494 e. The third kappa shape index (κ3) is 6.78. The first-order chi connectivity index (χ1) is 18.1. The summed E-state index contributed by atoms with van der Waals surface area (Å²) in [5.41, 5.74) is 2.22. The summed E-state index contributed by atoms with van der Waals surface area (Å²) < 4.78 is 43.0. The SMILES string of the molecule is CCN(CCCS(=O)(=O)O)c1ccc2nc3c4cc(OCCCCCC(=O)O)ccc4c(=O)cc-3oc2c1. The van der Waals surface area contributed by atoms with Gasteiger partial charge in [-0.25, -0.2) is 4.98 Å². The number of hydrogen-bond acceptors (Lipinski definition) is 8. The van der Waals surface area contributed by atoms with Crippen LogP contribution in [0.25, 0.3) is 33.3 Å². The molecule has 0 atom stereocenters. The Kier molecular flexibility index (Phi) is 8.48. The smallest absolute Gasteiger partial charge is 0.303 e. The van der Waals surface area contributed by atoms with Crippen LogP contribution in [0, 0.1) is 0 Å². The molecule has 0 unspecified atom stereocenters. The quantitative estimate of drug-likeness (QED) is 0.106. The molecule has 2 N–H and O–H groups in total. The van der Waals surface area contributed by atoms with E-state index < -0.39 is 16.1 Å². The number of anilines is 1. The van der Waals surface area contributed by atoms with E-state index in [1.165, 1.54) is 6.07 Å². The summed E-state index contributed by atoms with van der Waals surface area (Å²) in [5.74, 6) is -0.194. The number of rotatable bonds is 13. The number of aliphatic carboxylic acids is 1. The molecule has 0 saturated carbocycles. The van der Waals surface area contributed by atoms with Gasteiger partial charge in [-0.15, -0.1) is 0 Å². The predicted octanol–water partition coefficient (Wildman–Crippen LogP) is 4.57. The summed E-state index contributed by atoms with van der Waals surface area (Å²) in [4.78, 5) is 30.2. The number of carbonyl (C=O) groups is 1. The molecule has 0 bridgehead atoms. The molecule has 0 fully saturated rings. The van der Waals surface area contributed by atoms with Crippen LogP contribution >= 0.6 is 0 Å². The zero-order valence-corrected chi connectivity index (χ0v) is 21.9. The van der Waals surface area contributed by atoms with Crippen LogP contribution in [0.2, 0.25) is 0 Å². The molecule has 1 heterocycles. The average molecular weight is 543 g/mol. The first-order valence-corrected chi connectivity index (χ1v) is 14.1. The molecule has 0 radical (unpaired) electrons. The minimum absolute atomic E-state index is 0.142. The largest absolute Gasteiger partial charge is 0.494 e. The van der Waals surface area contributed by atoms with Crippen LogP contribution in [-0.2, 0) is 14.9 Å². The Labute approximate surface area is 219 Å². The molecular formula is C27H30N2O8S. The van der Waals surface area contributed by atoms with Gasteiger partial charge in [0.2, 0.25) is 0 Å². The summed E-state index contributed by atoms with van der Waals surface area (Å²) in [6, 6.07) is 12.1. The van der Waals surface area contributed by atoms with Gasteiger partial charge in [0.05, 0.1) is 12.4 Å². The lowest BCUT2D eigenvalue weighted by Crippen LogP contribution is -2.25. The van der Waals surface area contributed by atoms with Crippen molar-refractivity contribution in [1.82, 2.24) is 4.98 Å². The topological polar surface area (TPSA) is 147 Å². The molecule has 4 rings (SSSR count). The van der Waals surface area contributed by atoms with E-state index in [1.807, 2.05) is 24.0 Å². The van der Waals surface area contributed by atoms with Crippen LogP contribution in [-0.4, -0.2) is 54.5 Å². The molecular weight excluding hydrogens is 512 g/mol. The van der Waals surface area contributed by atoms with E-state index in [2.05, 4.69) is 0 Å². The Morgan fingerprint density at radius 1 is 1.05 bits per heavy atom. The van der Waals surface area contributed by atoms with E-state index >= 15 is 0 Å². The summed E-state index contributed by atoms with van der Waals surface area (Å²) in [7, 11) is -4.02. The molecule has 1 aliphatic heterocycles. The van der Waals surface area contributed by atoms with Crippen molar-refractivity contribution in [3.05, 3.63) is 52.7 Å². The maximum Gasteiger partial charge on any atom is 0.303 e. The zero-order valence-electron chi connectivity index (χ0n) is 21.1. The van der Waals surface area contributed by atoms with Gasteiger partial charge in [0.15, 0.2) is 16.8 Å². The van der Waals surface area contributed by atoms with Crippen molar-refractivity contribution in [2.75, 3.05) is 30.3 Å². The van der Waals surface area contributed by atoms with Gasteiger partial charge in [-0.05, 0) is 62.9 Å². The van der Waals surface area contributed by atoms with Crippen LogP contribution in [0.1, 0.15) is 39.0 Å². The van der Waals surface area contributed by atoms with Gasteiger partial charge >= 0.3 is 5.97 Å². The Morgan fingerprint density at radius 3 is 2.61 bits per heavy atom. The monoisotopic (exact) mass is 542 g/mol. The Morgan fingerprint density at radius 2 is 1.87 bits per heavy atom. The molecule has 10 nitrogen and oxygen atoms in total. The molecule has 202 valence electrons. The normalized spacial score (nSPS) is 11.8. The highest BCUT2D eigenvalue weighted by Crippen LogP contribution is 2.33. The highest BCUT2D eigenvalue weighted by atomic mass is 32.2. The van der Waals surface area contributed by atoms with Crippen molar-refractivity contribution in [1.29, 1.82) is 0 Å². The van der Waals surface area contributed by atoms with Gasteiger partial charge in [-0.3, -0.25) is 14.1 Å². The average Bonchev–Trinajstić information content (AvgIpc) is 2.86. The number of nitrogens with zero attached hydrogens (tertiary/aromatic N) is 2. The fourth-order valence-electron chi connectivity index (χ4n) is 4.38. The fourth-order valence-corrected chi connectivity index (χ4v) is 4.87. The zero-order chi connectivity index (χ0) is 27.3. The molecule has 0 amide bonds. The second kappa shape index (κ2) is 11.8. The molecule has 38 heavy (non-hydrogen) atoms. The number of ether oxygens (including phenoxy) is 1. The van der Waals surface area contributed by atoms with E-state index in [1.54, 1.807) is 24.3 Å². The lowest BCUT2D eigenvalue weighted by Gasteiger charge is -2.23. The maximum atomic E-state index is 12.8. The number of hydrogen-bond donors (Lipinski definition) is 2. The van der Waals surface area contributed by atoms with Gasteiger partial charge < -0.3 is 19.2 Å². The van der Waals surface area contributed by atoms with Gasteiger partial charge in [-0.1, -0.05) is 0 Å². The molecule has 0 aromatic heterocycles. The second-order valence-corrected chi connectivity index (χ2v) is 10.6. The Bertz CT molecular complexity index is 1580. The number of fused-ring (bicyclic) bond motifs is 4. The van der Waals surface area contributed by atoms with Crippen molar-refractivity contribution in [3.63, 3.8) is 0 Å². The van der Waals surface area contributed by atoms with Gasteiger partial charge in [0.25, 0.3) is 10.1 Å². The maximum absolute atomic E-state index is 12.8. The van der Waals surface area contributed by atoms with Crippen molar-refractivity contribution < 1.29 is 32.0 Å². The third-order valence-electron chi connectivity index (χ3n) is 6.28. The van der Waals surface area contributed by atoms with E-state index in [9.17, 15) is 18.0 Å². The predicted molar refractivity (Wildman–Crippen MR) is 145 cm³/mol. The summed E-state index contributed by atoms with van der Waals surface area (Å²) >= 11 is 0. The first kappa shape index (κ1) is 27.3. The van der Waals surface area contributed by atoms with Crippen molar-refractivity contribution in [2.45, 2.75) is 39.0 Å². The molecule has 11 heteroatoms. The van der Waals surface area contributed by atoms with Crippen LogP contribution < -0.4 is 15.1 Å². The second-order valence-electron chi connectivity index (χ2n) is 9.07. The van der Waals surface area contributed by atoms with E-state index in [0.717, 1.165) is 18.5 Å². The van der Waals surface area contributed by atoms with Crippen LogP contribution in [0.4, 0.5) is 5.69 Å². The third-order valence-corrected chi connectivity index (χ3v) is 7.09. The highest BCUT2D eigenvalue weighted by molar-refractivity contribution is 7.85. The Hall–Kier alpha value is -3.70. The first-order valence-electron chi connectivity index (χ1n) is 12.5. The molecule has 0 spiro atoms. The fraction of sp³-hybridized carbons (Fsp3) is 0.370. The van der Waals surface area contributed by atoms with Crippen molar-refractivity contribution in [2.24, 2.45) is 0 Å². The standard InChI is InChI=1S/C27H30N2O8S/c1-2-29(12-6-14-38(33,34)35)18-8-11-22-24(15-18)37-25-17-23(30)20-10-9-19(16-21(20)27(25)28-22)36-13-5-3-4-7-26(31)32/h8-11,15-17H,2-7,12-14H2,1H3,(H,31,32)(H,33,34,35). The Balaban J connectivity index is 1.59. The van der Waals surface area contributed by atoms with Crippen molar-refractivity contribution >= 4 is 43.6 Å². The minimum atomic E-state index is -4.02. The van der Waals surface area contributed by atoms with Crippen molar-refractivity contribution in [3.8, 4) is 17.2 Å². The van der Waals surface area contributed by atoms with Crippen LogP contribution in [0.3, 0.4) is 0 Å². The van der Waals surface area contributed by atoms with Gasteiger partial charge in [0.1, 0.15) is 17.0 Å². The lowest BCUT2D eigenvalue weighted by atomic mass is 10.0. The number of unbranched alkanes of at least 4 members (excludes halogenated alkanes) is 2. The summed E-state index contributed by atoms with van der Waals surface area (Å²) in [5, 5.41) is 9.85. The highest BCUT2D eigenvalue weighted by Gasteiger charge is 2.17. The van der Waals surface area contributed by atoms with Crippen LogP contribution in [0.15, 0.2) is 51.7 Å².